The summed E-state index contributed by atoms with van der Waals surface area (Å²) in [6, 6.07) is 11.9. The van der Waals surface area contributed by atoms with Gasteiger partial charge in [0.15, 0.2) is 5.96 Å². The van der Waals surface area contributed by atoms with Crippen LogP contribution in [-0.4, -0.2) is 43.1 Å². The van der Waals surface area contributed by atoms with Gasteiger partial charge >= 0.3 is 0 Å². The number of guanidine groups is 1. The molecule has 1 saturated heterocycles. The first-order valence-corrected chi connectivity index (χ1v) is 9.48. The first-order chi connectivity index (χ1) is 11.7. The molecular weight excluding hydrogens is 423 g/mol. The number of nitrogens with zero attached hydrogens (tertiary/aromatic N) is 2. The minimum absolute atomic E-state index is 0. The van der Waals surface area contributed by atoms with Crippen LogP contribution < -0.4 is 10.6 Å². The van der Waals surface area contributed by atoms with Crippen molar-refractivity contribution in [3.63, 3.8) is 0 Å². The van der Waals surface area contributed by atoms with E-state index in [9.17, 15) is 0 Å². The lowest BCUT2D eigenvalue weighted by Crippen LogP contribution is -2.51. The molecule has 5 heteroatoms. The van der Waals surface area contributed by atoms with E-state index in [1.807, 2.05) is 7.05 Å². The fraction of sp³-hybridized carbons (Fsp3) is 0.650. The standard InChI is InChI=1S/C20H34N4.HI/c1-4-5-9-13-22-20(21-3)23-19-12-14-24(17(2)15-19)16-18-10-7-6-8-11-18;/h6-8,10-11,17,19H,4-5,9,12-16H2,1-3H3,(H2,21,22,23);1H. The molecule has 0 saturated carbocycles. The molecule has 0 bridgehead atoms. The highest BCUT2D eigenvalue weighted by Gasteiger charge is 2.25. The van der Waals surface area contributed by atoms with Gasteiger partial charge in [-0.3, -0.25) is 9.89 Å². The van der Waals surface area contributed by atoms with E-state index >= 15 is 0 Å². The quantitative estimate of drug-likeness (QED) is 0.281. The van der Waals surface area contributed by atoms with Crippen molar-refractivity contribution in [3.8, 4) is 0 Å². The van der Waals surface area contributed by atoms with Gasteiger partial charge in [-0.05, 0) is 31.7 Å². The smallest absolute Gasteiger partial charge is 0.191 e. The van der Waals surface area contributed by atoms with Crippen molar-refractivity contribution >= 4 is 29.9 Å². The fourth-order valence-corrected chi connectivity index (χ4v) is 3.37. The van der Waals surface area contributed by atoms with Gasteiger partial charge in [0.2, 0.25) is 0 Å². The van der Waals surface area contributed by atoms with Crippen LogP contribution in [-0.2, 0) is 6.54 Å². The Labute approximate surface area is 170 Å². The molecule has 0 spiro atoms. The van der Waals surface area contributed by atoms with Gasteiger partial charge in [0.25, 0.3) is 0 Å². The predicted octanol–water partition coefficient (Wildman–Crippen LogP) is 4.01. The minimum Gasteiger partial charge on any atom is -0.356 e. The summed E-state index contributed by atoms with van der Waals surface area (Å²) in [4.78, 5) is 6.96. The molecule has 4 nitrogen and oxygen atoms in total. The number of likely N-dealkylation sites (tertiary alicyclic amines) is 1. The largest absolute Gasteiger partial charge is 0.356 e. The molecule has 25 heavy (non-hydrogen) atoms. The normalized spacial score (nSPS) is 21.5. The maximum Gasteiger partial charge on any atom is 0.191 e. The topological polar surface area (TPSA) is 39.7 Å². The zero-order valence-electron chi connectivity index (χ0n) is 16.0. The van der Waals surface area contributed by atoms with Crippen LogP contribution >= 0.6 is 24.0 Å². The second kappa shape index (κ2) is 12.5. The second-order valence-electron chi connectivity index (χ2n) is 6.88. The molecule has 1 fully saturated rings. The summed E-state index contributed by atoms with van der Waals surface area (Å²) < 4.78 is 0. The molecule has 2 atom stereocenters. The van der Waals surface area contributed by atoms with Crippen LogP contribution in [0.2, 0.25) is 0 Å². The van der Waals surface area contributed by atoms with E-state index < -0.39 is 0 Å². The third-order valence-corrected chi connectivity index (χ3v) is 4.88. The highest BCUT2D eigenvalue weighted by molar-refractivity contribution is 14.0. The molecule has 1 aromatic rings. The molecule has 2 N–H and O–H groups in total. The van der Waals surface area contributed by atoms with Gasteiger partial charge < -0.3 is 10.6 Å². The lowest BCUT2D eigenvalue weighted by molar-refractivity contribution is 0.134. The van der Waals surface area contributed by atoms with E-state index in [-0.39, 0.29) is 24.0 Å². The lowest BCUT2D eigenvalue weighted by Gasteiger charge is -2.38. The summed E-state index contributed by atoms with van der Waals surface area (Å²) in [7, 11) is 1.86. The molecule has 2 unspecified atom stereocenters. The summed E-state index contributed by atoms with van der Waals surface area (Å²) in [6.07, 6.45) is 6.09. The Balaban J connectivity index is 0.00000312. The van der Waals surface area contributed by atoms with Crippen molar-refractivity contribution in [2.24, 2.45) is 4.99 Å². The Bertz CT molecular complexity index is 492. The number of hydrogen-bond acceptors (Lipinski definition) is 2. The third kappa shape index (κ3) is 7.94. The van der Waals surface area contributed by atoms with Gasteiger partial charge in [0.1, 0.15) is 0 Å². The molecule has 0 aliphatic carbocycles. The van der Waals surface area contributed by atoms with Gasteiger partial charge in [-0.1, -0.05) is 50.1 Å². The second-order valence-corrected chi connectivity index (χ2v) is 6.88. The molecule has 142 valence electrons. The lowest BCUT2D eigenvalue weighted by atomic mass is 9.97. The Kier molecular flexibility index (Phi) is 11.1. The van der Waals surface area contributed by atoms with Crippen LogP contribution in [0.3, 0.4) is 0 Å². The van der Waals surface area contributed by atoms with Crippen LogP contribution in [0, 0.1) is 0 Å². The zero-order valence-corrected chi connectivity index (χ0v) is 18.3. The number of nitrogens with one attached hydrogen (secondary N) is 2. The van der Waals surface area contributed by atoms with Crippen molar-refractivity contribution in [2.75, 3.05) is 20.1 Å². The molecule has 0 radical (unpaired) electrons. The number of benzene rings is 1. The monoisotopic (exact) mass is 458 g/mol. The van der Waals surface area contributed by atoms with Crippen molar-refractivity contribution in [1.82, 2.24) is 15.5 Å². The summed E-state index contributed by atoms with van der Waals surface area (Å²) in [5.41, 5.74) is 1.41. The van der Waals surface area contributed by atoms with Crippen molar-refractivity contribution < 1.29 is 0 Å². The van der Waals surface area contributed by atoms with Crippen molar-refractivity contribution in [3.05, 3.63) is 35.9 Å². The summed E-state index contributed by atoms with van der Waals surface area (Å²) >= 11 is 0. The van der Waals surface area contributed by atoms with E-state index in [0.29, 0.717) is 12.1 Å². The van der Waals surface area contributed by atoms with E-state index in [1.165, 1.54) is 37.7 Å². The van der Waals surface area contributed by atoms with Crippen molar-refractivity contribution in [1.29, 1.82) is 0 Å². The Morgan fingerprint density at radius 3 is 2.64 bits per heavy atom. The molecule has 0 amide bonds. The van der Waals surface area contributed by atoms with E-state index in [2.05, 4.69) is 64.7 Å². The number of aliphatic imine (C=N–C) groups is 1. The van der Waals surface area contributed by atoms with Gasteiger partial charge in [-0.15, -0.1) is 24.0 Å². The molecule has 1 heterocycles. The van der Waals surface area contributed by atoms with Crippen LogP contribution in [0.5, 0.6) is 0 Å². The van der Waals surface area contributed by atoms with Gasteiger partial charge in [-0.2, -0.15) is 0 Å². The van der Waals surface area contributed by atoms with Gasteiger partial charge in [0, 0.05) is 38.8 Å². The Hall–Kier alpha value is -0.820. The average molecular weight is 458 g/mol. The first-order valence-electron chi connectivity index (χ1n) is 9.48. The highest BCUT2D eigenvalue weighted by Crippen LogP contribution is 2.19. The Morgan fingerprint density at radius 2 is 2.00 bits per heavy atom. The number of piperidine rings is 1. The summed E-state index contributed by atoms with van der Waals surface area (Å²) in [6.45, 7) is 7.78. The molecule has 0 aromatic heterocycles. The van der Waals surface area contributed by atoms with E-state index in [0.717, 1.165) is 25.6 Å². The minimum atomic E-state index is 0. The van der Waals surface area contributed by atoms with E-state index in [4.69, 9.17) is 0 Å². The maximum atomic E-state index is 4.37. The number of halogens is 1. The highest BCUT2D eigenvalue weighted by atomic mass is 127. The Morgan fingerprint density at radius 1 is 1.24 bits per heavy atom. The summed E-state index contributed by atoms with van der Waals surface area (Å²) in [5, 5.41) is 7.05. The fourth-order valence-electron chi connectivity index (χ4n) is 3.37. The molecule has 1 aliphatic rings. The first kappa shape index (κ1) is 22.2. The number of hydrogen-bond donors (Lipinski definition) is 2. The SMILES string of the molecule is CCCCCNC(=NC)NC1CCN(Cc2ccccc2)C(C)C1.I. The van der Waals surface area contributed by atoms with Crippen LogP contribution in [0.1, 0.15) is 51.5 Å². The van der Waals surface area contributed by atoms with Crippen LogP contribution in [0.4, 0.5) is 0 Å². The van der Waals surface area contributed by atoms with Gasteiger partial charge in [-0.25, -0.2) is 0 Å². The van der Waals surface area contributed by atoms with Crippen LogP contribution in [0.15, 0.2) is 35.3 Å². The molecule has 1 aromatic carbocycles. The average Bonchev–Trinajstić information content (AvgIpc) is 2.61. The van der Waals surface area contributed by atoms with Crippen molar-refractivity contribution in [2.45, 2.75) is 64.6 Å². The number of unbranched alkanes of at least 4 members (excludes halogenated alkanes) is 2. The van der Waals surface area contributed by atoms with Gasteiger partial charge in [0.05, 0.1) is 0 Å². The molecule has 2 rings (SSSR count). The van der Waals surface area contributed by atoms with Crippen LogP contribution in [0.25, 0.3) is 0 Å². The zero-order chi connectivity index (χ0) is 17.2. The summed E-state index contributed by atoms with van der Waals surface area (Å²) in [5.74, 6) is 0.958. The predicted molar refractivity (Wildman–Crippen MR) is 119 cm³/mol. The number of rotatable bonds is 7. The third-order valence-electron chi connectivity index (χ3n) is 4.88. The molecule has 1 aliphatic heterocycles. The van der Waals surface area contributed by atoms with E-state index in [1.54, 1.807) is 0 Å². The molecular formula is C20H35IN4. The maximum absolute atomic E-state index is 4.37.